The Morgan fingerprint density at radius 3 is 2.31 bits per heavy atom. The molecular weight excluding hydrogens is 400 g/mol. The van der Waals surface area contributed by atoms with Gasteiger partial charge in [0.05, 0.1) is 23.4 Å². The minimum Gasteiger partial charge on any atom is -0.336 e. The third-order valence-corrected chi connectivity index (χ3v) is 5.45. The van der Waals surface area contributed by atoms with E-state index < -0.39 is 0 Å². The molecule has 0 saturated carbocycles. The van der Waals surface area contributed by atoms with Gasteiger partial charge in [0.25, 0.3) is 0 Å². The number of fused-ring (bicyclic) bond motifs is 1. The lowest BCUT2D eigenvalue weighted by Crippen LogP contribution is -2.39. The first-order valence-electron chi connectivity index (χ1n) is 11.5. The summed E-state index contributed by atoms with van der Waals surface area (Å²) in [6.07, 6.45) is 6.98. The maximum atomic E-state index is 13.4. The number of benzene rings is 1. The quantitative estimate of drug-likeness (QED) is 0.401. The lowest BCUT2D eigenvalue weighted by atomic mass is 10.1. The number of unbranched alkanes of at least 4 members (excludes halogenated alkanes) is 2. The smallest absolute Gasteiger partial charge is 0.236 e. The minimum atomic E-state index is -0.191. The van der Waals surface area contributed by atoms with Crippen molar-refractivity contribution >= 4 is 28.4 Å². The number of aromatic nitrogens is 2. The molecule has 0 spiro atoms. The van der Waals surface area contributed by atoms with E-state index in [9.17, 15) is 9.59 Å². The number of nitrogens with zero attached hydrogens (tertiary/aromatic N) is 4. The van der Waals surface area contributed by atoms with Gasteiger partial charge in [0.1, 0.15) is 6.42 Å². The van der Waals surface area contributed by atoms with Crippen molar-refractivity contribution in [3.8, 4) is 0 Å². The Balaban J connectivity index is 1.81. The van der Waals surface area contributed by atoms with E-state index in [4.69, 9.17) is 0 Å². The largest absolute Gasteiger partial charge is 0.336 e. The van der Waals surface area contributed by atoms with Crippen LogP contribution < -0.4 is 4.90 Å². The van der Waals surface area contributed by atoms with Gasteiger partial charge in [-0.3, -0.25) is 19.6 Å². The van der Waals surface area contributed by atoms with E-state index in [2.05, 4.69) is 23.8 Å². The molecule has 2 aromatic heterocycles. The van der Waals surface area contributed by atoms with Crippen molar-refractivity contribution in [1.82, 2.24) is 14.9 Å². The number of carbonyl (C=O) groups excluding carboxylic acids is 2. The van der Waals surface area contributed by atoms with E-state index >= 15 is 0 Å². The Morgan fingerprint density at radius 2 is 1.56 bits per heavy atom. The predicted molar refractivity (Wildman–Crippen MR) is 128 cm³/mol. The molecule has 168 valence electrons. The SMILES string of the molecule is CCCCN(Cc1ccccn1)C(=O)CC(=O)N(CCCC)c1cccc2cccnc12. The molecular formula is C26H32N4O2. The molecule has 2 amide bonds. The second-order valence-corrected chi connectivity index (χ2v) is 7.92. The zero-order valence-corrected chi connectivity index (χ0v) is 19.0. The van der Waals surface area contributed by atoms with Gasteiger partial charge in [0.15, 0.2) is 0 Å². The van der Waals surface area contributed by atoms with Crippen LogP contribution in [-0.2, 0) is 16.1 Å². The summed E-state index contributed by atoms with van der Waals surface area (Å²) in [5, 5.41) is 0.977. The van der Waals surface area contributed by atoms with E-state index in [-0.39, 0.29) is 18.2 Å². The standard InChI is InChI=1S/C26H32N4O2/c1-3-5-17-29(20-22-13-7-8-15-27-22)24(31)19-25(32)30(18-6-4-2)23-14-9-11-21-12-10-16-28-26(21)23/h7-16H,3-6,17-20H2,1-2H3. The maximum Gasteiger partial charge on any atom is 0.236 e. The number of pyridine rings is 2. The maximum absolute atomic E-state index is 13.4. The summed E-state index contributed by atoms with van der Waals surface area (Å²) in [6.45, 7) is 5.78. The number of rotatable bonds is 11. The number of para-hydroxylation sites is 1. The molecule has 0 aliphatic carbocycles. The van der Waals surface area contributed by atoms with Crippen LogP contribution in [0.3, 0.4) is 0 Å². The Bertz CT molecular complexity index is 1020. The van der Waals surface area contributed by atoms with Crippen LogP contribution in [0.4, 0.5) is 5.69 Å². The van der Waals surface area contributed by atoms with Crippen LogP contribution in [0, 0.1) is 0 Å². The fraction of sp³-hybridized carbons (Fsp3) is 0.385. The summed E-state index contributed by atoms with van der Waals surface area (Å²) < 4.78 is 0. The molecule has 0 radical (unpaired) electrons. The van der Waals surface area contributed by atoms with Crippen LogP contribution in [0.15, 0.2) is 60.9 Å². The first-order chi connectivity index (χ1) is 15.6. The zero-order valence-electron chi connectivity index (χ0n) is 19.0. The molecule has 0 aliphatic heterocycles. The molecule has 3 aromatic rings. The van der Waals surface area contributed by atoms with E-state index in [0.717, 1.165) is 48.0 Å². The molecule has 6 nitrogen and oxygen atoms in total. The van der Waals surface area contributed by atoms with Crippen LogP contribution in [0.5, 0.6) is 0 Å². The first-order valence-corrected chi connectivity index (χ1v) is 11.5. The van der Waals surface area contributed by atoms with E-state index in [0.29, 0.717) is 19.6 Å². The van der Waals surface area contributed by atoms with E-state index in [1.54, 1.807) is 22.2 Å². The lowest BCUT2D eigenvalue weighted by Gasteiger charge is -2.26. The van der Waals surface area contributed by atoms with Crippen molar-refractivity contribution in [1.29, 1.82) is 0 Å². The van der Waals surface area contributed by atoms with Crippen LogP contribution in [0.25, 0.3) is 10.9 Å². The van der Waals surface area contributed by atoms with Gasteiger partial charge >= 0.3 is 0 Å². The van der Waals surface area contributed by atoms with Crippen LogP contribution in [-0.4, -0.2) is 39.8 Å². The molecule has 0 aliphatic rings. The van der Waals surface area contributed by atoms with Gasteiger partial charge in [-0.25, -0.2) is 0 Å². The average molecular weight is 433 g/mol. The van der Waals surface area contributed by atoms with Gasteiger partial charge in [-0.2, -0.15) is 0 Å². The van der Waals surface area contributed by atoms with Gasteiger partial charge in [-0.05, 0) is 37.1 Å². The Labute approximate surface area is 190 Å². The molecule has 3 rings (SSSR count). The molecule has 1 aromatic carbocycles. The number of amides is 2. The Morgan fingerprint density at radius 1 is 0.812 bits per heavy atom. The molecule has 0 N–H and O–H groups in total. The lowest BCUT2D eigenvalue weighted by molar-refractivity contribution is -0.135. The molecule has 0 atom stereocenters. The van der Waals surface area contributed by atoms with Crippen molar-refractivity contribution < 1.29 is 9.59 Å². The van der Waals surface area contributed by atoms with Crippen molar-refractivity contribution in [2.24, 2.45) is 0 Å². The topological polar surface area (TPSA) is 66.4 Å². The van der Waals surface area contributed by atoms with Gasteiger partial charge < -0.3 is 9.80 Å². The molecule has 0 saturated heterocycles. The molecule has 6 heteroatoms. The van der Waals surface area contributed by atoms with Gasteiger partial charge in [-0.15, -0.1) is 0 Å². The molecule has 0 bridgehead atoms. The summed E-state index contributed by atoms with van der Waals surface area (Å²) in [5.74, 6) is -0.354. The van der Waals surface area contributed by atoms with E-state index in [1.165, 1.54) is 0 Å². The van der Waals surface area contributed by atoms with E-state index in [1.807, 2.05) is 48.5 Å². The van der Waals surface area contributed by atoms with Crippen molar-refractivity contribution in [3.63, 3.8) is 0 Å². The second kappa shape index (κ2) is 11.9. The highest BCUT2D eigenvalue weighted by atomic mass is 16.2. The molecule has 32 heavy (non-hydrogen) atoms. The van der Waals surface area contributed by atoms with Crippen molar-refractivity contribution in [3.05, 3.63) is 66.6 Å². The monoisotopic (exact) mass is 432 g/mol. The number of anilines is 1. The molecule has 0 fully saturated rings. The van der Waals surface area contributed by atoms with Gasteiger partial charge in [-0.1, -0.05) is 51.0 Å². The van der Waals surface area contributed by atoms with Gasteiger partial charge in [0.2, 0.25) is 11.8 Å². The number of hydrogen-bond donors (Lipinski definition) is 0. The first kappa shape index (κ1) is 23.4. The Kier molecular flexibility index (Phi) is 8.72. The summed E-state index contributed by atoms with van der Waals surface area (Å²) >= 11 is 0. The fourth-order valence-electron chi connectivity index (χ4n) is 3.67. The summed E-state index contributed by atoms with van der Waals surface area (Å²) in [4.78, 5) is 38.9. The Hall–Kier alpha value is -3.28. The zero-order chi connectivity index (χ0) is 22.8. The van der Waals surface area contributed by atoms with Crippen LogP contribution >= 0.6 is 0 Å². The summed E-state index contributed by atoms with van der Waals surface area (Å²) in [6, 6.07) is 15.4. The van der Waals surface area contributed by atoms with Crippen LogP contribution in [0.2, 0.25) is 0 Å². The second-order valence-electron chi connectivity index (χ2n) is 7.92. The predicted octanol–water partition coefficient (Wildman–Crippen LogP) is 4.98. The fourth-order valence-corrected chi connectivity index (χ4v) is 3.67. The van der Waals surface area contributed by atoms with Crippen LogP contribution in [0.1, 0.15) is 51.6 Å². The molecule has 0 unspecified atom stereocenters. The van der Waals surface area contributed by atoms with Crippen molar-refractivity contribution in [2.45, 2.75) is 52.5 Å². The average Bonchev–Trinajstić information content (AvgIpc) is 2.82. The molecule has 2 heterocycles. The summed E-state index contributed by atoms with van der Waals surface area (Å²) in [5.41, 5.74) is 2.37. The highest BCUT2D eigenvalue weighted by Gasteiger charge is 2.24. The van der Waals surface area contributed by atoms with Gasteiger partial charge in [0, 0.05) is 30.9 Å². The normalized spacial score (nSPS) is 10.8. The van der Waals surface area contributed by atoms with Crippen molar-refractivity contribution in [2.75, 3.05) is 18.0 Å². The minimum absolute atomic E-state index is 0.163. The highest BCUT2D eigenvalue weighted by Crippen LogP contribution is 2.26. The third-order valence-electron chi connectivity index (χ3n) is 5.45. The number of carbonyl (C=O) groups is 2. The third kappa shape index (κ3) is 6.13. The number of hydrogen-bond acceptors (Lipinski definition) is 4. The summed E-state index contributed by atoms with van der Waals surface area (Å²) in [7, 11) is 0. The highest BCUT2D eigenvalue weighted by molar-refractivity contribution is 6.08.